The third-order valence-corrected chi connectivity index (χ3v) is 3.45. The predicted molar refractivity (Wildman–Crippen MR) is 78.4 cm³/mol. The van der Waals surface area contributed by atoms with Gasteiger partial charge in [-0.15, -0.1) is 11.6 Å². The third-order valence-electron chi connectivity index (χ3n) is 2.79. The maximum atomic E-state index is 13.1. The van der Waals surface area contributed by atoms with Gasteiger partial charge in [-0.3, -0.25) is 10.1 Å². The van der Waals surface area contributed by atoms with Crippen molar-refractivity contribution in [2.45, 2.75) is 12.5 Å². The number of halogens is 3. The molecule has 0 saturated heterocycles. The first-order valence-corrected chi connectivity index (χ1v) is 6.82. The fraction of sp³-hybridized carbons (Fsp3) is 0.143. The lowest BCUT2D eigenvalue weighted by molar-refractivity contribution is -0.384. The van der Waals surface area contributed by atoms with Crippen molar-refractivity contribution >= 4 is 28.9 Å². The van der Waals surface area contributed by atoms with Gasteiger partial charge in [-0.05, 0) is 24.3 Å². The van der Waals surface area contributed by atoms with E-state index in [1.807, 2.05) is 0 Å². The zero-order valence-corrected chi connectivity index (χ0v) is 12.2. The van der Waals surface area contributed by atoms with Crippen molar-refractivity contribution in [3.05, 3.63) is 68.5 Å². The van der Waals surface area contributed by atoms with E-state index < -0.39 is 10.7 Å². The summed E-state index contributed by atoms with van der Waals surface area (Å²) in [5.41, 5.74) is 0.899. The molecule has 0 aromatic heterocycles. The van der Waals surface area contributed by atoms with Crippen LogP contribution in [0.15, 0.2) is 36.4 Å². The molecule has 0 fully saturated rings. The molecule has 2 aromatic rings. The molecule has 110 valence electrons. The van der Waals surface area contributed by atoms with Gasteiger partial charge >= 0.3 is 0 Å². The maximum Gasteiger partial charge on any atom is 0.270 e. The molecule has 0 aliphatic rings. The summed E-state index contributed by atoms with van der Waals surface area (Å²) in [7, 11) is 0. The van der Waals surface area contributed by atoms with Crippen molar-refractivity contribution in [3.63, 3.8) is 0 Å². The molecule has 0 atom stereocenters. The lowest BCUT2D eigenvalue weighted by Crippen LogP contribution is -2.00. The van der Waals surface area contributed by atoms with E-state index in [-0.39, 0.29) is 18.2 Å². The largest absolute Gasteiger partial charge is 0.489 e. The first-order valence-electron chi connectivity index (χ1n) is 5.91. The van der Waals surface area contributed by atoms with Crippen LogP contribution < -0.4 is 4.74 Å². The molecule has 0 amide bonds. The van der Waals surface area contributed by atoms with Gasteiger partial charge in [-0.25, -0.2) is 4.39 Å². The van der Waals surface area contributed by atoms with Gasteiger partial charge in [-0.2, -0.15) is 0 Å². The molecular weight excluding hydrogens is 320 g/mol. The number of hydrogen-bond acceptors (Lipinski definition) is 3. The number of benzene rings is 2. The van der Waals surface area contributed by atoms with E-state index in [1.165, 1.54) is 36.4 Å². The van der Waals surface area contributed by atoms with E-state index in [1.54, 1.807) is 0 Å². The molecule has 21 heavy (non-hydrogen) atoms. The Bertz CT molecular complexity index is 679. The molecular formula is C14H10Cl2FNO3. The van der Waals surface area contributed by atoms with E-state index in [0.29, 0.717) is 21.9 Å². The Kier molecular flexibility index (Phi) is 4.98. The highest BCUT2D eigenvalue weighted by Crippen LogP contribution is 2.27. The Hall–Kier alpha value is -1.85. The number of alkyl halides is 1. The summed E-state index contributed by atoms with van der Waals surface area (Å²) in [4.78, 5) is 10.2. The van der Waals surface area contributed by atoms with E-state index in [0.717, 1.165) is 0 Å². The van der Waals surface area contributed by atoms with E-state index in [9.17, 15) is 14.5 Å². The van der Waals surface area contributed by atoms with Crippen LogP contribution in [-0.2, 0) is 12.5 Å². The molecule has 0 radical (unpaired) electrons. The standard InChI is InChI=1S/C14H10Cl2FNO3/c15-7-9-6-12(18(19)20)2-4-14(9)21-8-10-5-11(17)1-3-13(10)16/h1-6H,7-8H2. The monoisotopic (exact) mass is 329 g/mol. The second kappa shape index (κ2) is 6.74. The Balaban J connectivity index is 2.19. The van der Waals surface area contributed by atoms with Crippen LogP contribution in [0.25, 0.3) is 0 Å². The average molecular weight is 330 g/mol. The Morgan fingerprint density at radius 1 is 1.19 bits per heavy atom. The smallest absolute Gasteiger partial charge is 0.270 e. The van der Waals surface area contributed by atoms with Gasteiger partial charge in [0.25, 0.3) is 5.69 Å². The van der Waals surface area contributed by atoms with Crippen LogP contribution in [0.2, 0.25) is 5.02 Å². The van der Waals surface area contributed by atoms with Crippen molar-refractivity contribution < 1.29 is 14.1 Å². The molecule has 4 nitrogen and oxygen atoms in total. The lowest BCUT2D eigenvalue weighted by Gasteiger charge is -2.11. The maximum absolute atomic E-state index is 13.1. The summed E-state index contributed by atoms with van der Waals surface area (Å²) in [6.07, 6.45) is 0. The number of hydrogen-bond donors (Lipinski definition) is 0. The highest BCUT2D eigenvalue weighted by atomic mass is 35.5. The van der Waals surface area contributed by atoms with Crippen LogP contribution >= 0.6 is 23.2 Å². The molecule has 7 heteroatoms. The molecule has 0 aliphatic heterocycles. The zero-order chi connectivity index (χ0) is 15.4. The molecule has 0 unspecified atom stereocenters. The molecule has 0 spiro atoms. The van der Waals surface area contributed by atoms with Crippen molar-refractivity contribution in [1.29, 1.82) is 0 Å². The van der Waals surface area contributed by atoms with Crippen LogP contribution in [0.1, 0.15) is 11.1 Å². The van der Waals surface area contributed by atoms with Crippen LogP contribution in [0, 0.1) is 15.9 Å². The van der Waals surface area contributed by atoms with Crippen LogP contribution in [-0.4, -0.2) is 4.92 Å². The van der Waals surface area contributed by atoms with Crippen molar-refractivity contribution in [2.75, 3.05) is 0 Å². The van der Waals surface area contributed by atoms with Gasteiger partial charge in [-0.1, -0.05) is 11.6 Å². The van der Waals surface area contributed by atoms with E-state index in [4.69, 9.17) is 27.9 Å². The summed E-state index contributed by atoms with van der Waals surface area (Å²) < 4.78 is 18.7. The minimum Gasteiger partial charge on any atom is -0.489 e. The van der Waals surface area contributed by atoms with Crippen LogP contribution in [0.3, 0.4) is 0 Å². The summed E-state index contributed by atoms with van der Waals surface area (Å²) in [5, 5.41) is 11.1. The van der Waals surface area contributed by atoms with Gasteiger partial charge in [0, 0.05) is 28.3 Å². The molecule has 0 heterocycles. The quantitative estimate of drug-likeness (QED) is 0.453. The second-order valence-corrected chi connectivity index (χ2v) is 4.88. The lowest BCUT2D eigenvalue weighted by atomic mass is 10.2. The summed E-state index contributed by atoms with van der Waals surface area (Å²) in [5.74, 6) is 0.0451. The minimum absolute atomic E-state index is 0.0400. The molecule has 0 aliphatic carbocycles. The number of non-ortho nitro benzene ring substituents is 1. The third kappa shape index (κ3) is 3.83. The fourth-order valence-electron chi connectivity index (χ4n) is 1.73. The van der Waals surface area contributed by atoms with Crippen LogP contribution in [0.5, 0.6) is 5.75 Å². The highest BCUT2D eigenvalue weighted by molar-refractivity contribution is 6.31. The summed E-state index contributed by atoms with van der Waals surface area (Å²) in [6.45, 7) is 0.0400. The van der Waals surface area contributed by atoms with Gasteiger partial charge in [0.2, 0.25) is 0 Å². The molecule has 0 N–H and O–H groups in total. The number of nitro benzene ring substituents is 1. The Labute approximate surface area is 130 Å². The van der Waals surface area contributed by atoms with Gasteiger partial charge in [0.05, 0.1) is 10.8 Å². The van der Waals surface area contributed by atoms with Gasteiger partial charge in [0.1, 0.15) is 18.2 Å². The predicted octanol–water partition coefficient (Wildman–Crippen LogP) is 4.71. The van der Waals surface area contributed by atoms with Crippen molar-refractivity contribution in [3.8, 4) is 5.75 Å². The molecule has 2 rings (SSSR count). The minimum atomic E-state index is -0.511. The summed E-state index contributed by atoms with van der Waals surface area (Å²) in [6, 6.07) is 8.08. The molecule has 0 saturated carbocycles. The molecule has 2 aromatic carbocycles. The van der Waals surface area contributed by atoms with E-state index in [2.05, 4.69) is 0 Å². The normalized spacial score (nSPS) is 10.4. The number of ether oxygens (including phenoxy) is 1. The van der Waals surface area contributed by atoms with Gasteiger partial charge in [0.15, 0.2) is 0 Å². The number of nitrogens with zero attached hydrogens (tertiary/aromatic N) is 1. The topological polar surface area (TPSA) is 52.4 Å². The zero-order valence-electron chi connectivity index (χ0n) is 10.7. The van der Waals surface area contributed by atoms with Crippen molar-refractivity contribution in [1.82, 2.24) is 0 Å². The first kappa shape index (κ1) is 15.5. The Morgan fingerprint density at radius 3 is 2.62 bits per heavy atom. The first-order chi connectivity index (χ1) is 10.0. The van der Waals surface area contributed by atoms with E-state index >= 15 is 0 Å². The molecule has 0 bridgehead atoms. The number of rotatable bonds is 5. The SMILES string of the molecule is O=[N+]([O-])c1ccc(OCc2cc(F)ccc2Cl)c(CCl)c1. The second-order valence-electron chi connectivity index (χ2n) is 4.21. The van der Waals surface area contributed by atoms with Crippen LogP contribution in [0.4, 0.5) is 10.1 Å². The average Bonchev–Trinajstić information content (AvgIpc) is 2.47. The Morgan fingerprint density at radius 2 is 1.95 bits per heavy atom. The van der Waals surface area contributed by atoms with Crippen molar-refractivity contribution in [2.24, 2.45) is 0 Å². The highest BCUT2D eigenvalue weighted by Gasteiger charge is 2.12. The summed E-state index contributed by atoms with van der Waals surface area (Å²) >= 11 is 11.7. The fourth-order valence-corrected chi connectivity index (χ4v) is 2.12. The van der Waals surface area contributed by atoms with Gasteiger partial charge < -0.3 is 4.74 Å². The number of nitro groups is 1.